The van der Waals surface area contributed by atoms with Gasteiger partial charge in [0.05, 0.1) is 6.10 Å². The molecule has 1 aliphatic carbocycles. The number of benzene rings is 2. The van der Waals surface area contributed by atoms with E-state index >= 15 is 0 Å². The molecule has 4 heteroatoms. The molecule has 0 unspecified atom stereocenters. The van der Waals surface area contributed by atoms with Gasteiger partial charge in [-0.3, -0.25) is 4.90 Å². The van der Waals surface area contributed by atoms with Crippen LogP contribution in [0.15, 0.2) is 42.5 Å². The van der Waals surface area contributed by atoms with Gasteiger partial charge in [0, 0.05) is 21.7 Å². The second-order valence-electron chi connectivity index (χ2n) is 7.36. The number of nitrogen functional groups attached to an aromatic ring is 1. The fourth-order valence-corrected chi connectivity index (χ4v) is 4.99. The lowest BCUT2D eigenvalue weighted by Crippen LogP contribution is -2.51. The summed E-state index contributed by atoms with van der Waals surface area (Å²) in [5.41, 5.74) is 11.2. The number of anilines is 1. The third-order valence-electron chi connectivity index (χ3n) is 5.96. The molecule has 132 valence electrons. The van der Waals surface area contributed by atoms with Crippen LogP contribution in [-0.2, 0) is 12.8 Å². The van der Waals surface area contributed by atoms with Gasteiger partial charge >= 0.3 is 0 Å². The zero-order valence-electron chi connectivity index (χ0n) is 14.4. The Morgan fingerprint density at radius 3 is 2.44 bits per heavy atom. The van der Waals surface area contributed by atoms with Gasteiger partial charge in [-0.05, 0) is 83.6 Å². The van der Waals surface area contributed by atoms with Gasteiger partial charge < -0.3 is 10.8 Å². The molecule has 4 rings (SSSR count). The molecule has 0 spiro atoms. The maximum Gasteiger partial charge on any atom is 0.0739 e. The van der Waals surface area contributed by atoms with Crippen LogP contribution in [0.5, 0.6) is 0 Å². The number of fused-ring (bicyclic) bond motifs is 1. The number of hydrogen-bond donors (Lipinski definition) is 2. The first kappa shape index (κ1) is 17.3. The number of nitrogens with zero attached hydrogens (tertiary/aromatic N) is 1. The van der Waals surface area contributed by atoms with E-state index in [4.69, 9.17) is 5.73 Å². The maximum atomic E-state index is 10.7. The molecule has 3 nitrogen and oxygen atoms in total. The summed E-state index contributed by atoms with van der Waals surface area (Å²) < 4.78 is 1.12. The Morgan fingerprint density at radius 2 is 1.72 bits per heavy atom. The fraction of sp³-hybridized carbons (Fsp3) is 0.429. The molecule has 1 heterocycles. The Labute approximate surface area is 163 Å². The van der Waals surface area contributed by atoms with Crippen molar-refractivity contribution in [3.63, 3.8) is 0 Å². The van der Waals surface area contributed by atoms with E-state index in [-0.39, 0.29) is 12.1 Å². The SMILES string of the molecule is Nc1c(I)ccc2c1C[C@@H](N1CCC(c3ccccc3)CC1)[C@H](O)C2. The largest absolute Gasteiger partial charge is 0.398 e. The summed E-state index contributed by atoms with van der Waals surface area (Å²) in [7, 11) is 0. The second-order valence-corrected chi connectivity index (χ2v) is 8.52. The van der Waals surface area contributed by atoms with Gasteiger partial charge in [0.25, 0.3) is 0 Å². The highest BCUT2D eigenvalue weighted by Gasteiger charge is 2.34. The molecule has 2 aliphatic rings. The minimum absolute atomic E-state index is 0.199. The number of halogens is 1. The lowest BCUT2D eigenvalue weighted by molar-refractivity contribution is 0.0296. The van der Waals surface area contributed by atoms with Crippen molar-refractivity contribution in [2.45, 2.75) is 43.7 Å². The summed E-state index contributed by atoms with van der Waals surface area (Å²) in [4.78, 5) is 2.49. The molecule has 1 fully saturated rings. The van der Waals surface area contributed by atoms with Crippen LogP contribution in [-0.4, -0.2) is 35.2 Å². The summed E-state index contributed by atoms with van der Waals surface area (Å²) in [5.74, 6) is 0.650. The number of likely N-dealkylation sites (tertiary alicyclic amines) is 1. The van der Waals surface area contributed by atoms with Gasteiger partial charge in [-0.1, -0.05) is 36.4 Å². The summed E-state index contributed by atoms with van der Waals surface area (Å²) >= 11 is 2.31. The van der Waals surface area contributed by atoms with E-state index in [1.165, 1.54) is 29.5 Å². The Morgan fingerprint density at radius 1 is 1.00 bits per heavy atom. The van der Waals surface area contributed by atoms with Crippen molar-refractivity contribution in [2.75, 3.05) is 18.8 Å². The highest BCUT2D eigenvalue weighted by atomic mass is 127. The van der Waals surface area contributed by atoms with Gasteiger partial charge in [0.2, 0.25) is 0 Å². The molecular weight excluding hydrogens is 423 g/mol. The monoisotopic (exact) mass is 448 g/mol. The van der Waals surface area contributed by atoms with E-state index < -0.39 is 0 Å². The van der Waals surface area contributed by atoms with Crippen molar-refractivity contribution >= 4 is 28.3 Å². The van der Waals surface area contributed by atoms with Crippen molar-refractivity contribution in [1.82, 2.24) is 4.90 Å². The number of aliphatic hydroxyl groups excluding tert-OH is 1. The van der Waals surface area contributed by atoms with Crippen LogP contribution in [0.3, 0.4) is 0 Å². The van der Waals surface area contributed by atoms with Crippen molar-refractivity contribution < 1.29 is 5.11 Å². The molecule has 3 N–H and O–H groups in total. The average Bonchev–Trinajstić information content (AvgIpc) is 2.65. The maximum absolute atomic E-state index is 10.7. The van der Waals surface area contributed by atoms with Gasteiger partial charge in [0.15, 0.2) is 0 Å². The van der Waals surface area contributed by atoms with E-state index in [2.05, 4.69) is 70.0 Å². The molecule has 0 bridgehead atoms. The summed E-state index contributed by atoms with van der Waals surface area (Å²) in [6.45, 7) is 2.11. The highest BCUT2D eigenvalue weighted by Crippen LogP contribution is 2.35. The van der Waals surface area contributed by atoms with E-state index in [0.717, 1.165) is 35.2 Å². The number of aliphatic hydroxyl groups is 1. The Bertz CT molecular complexity index is 741. The summed E-state index contributed by atoms with van der Waals surface area (Å²) in [5, 5.41) is 10.7. The normalized spacial score (nSPS) is 24.9. The van der Waals surface area contributed by atoms with Gasteiger partial charge in [0.1, 0.15) is 0 Å². The van der Waals surface area contributed by atoms with E-state index in [1.54, 1.807) is 0 Å². The van der Waals surface area contributed by atoms with Crippen LogP contribution < -0.4 is 5.73 Å². The van der Waals surface area contributed by atoms with E-state index in [1.807, 2.05) is 0 Å². The standard InChI is InChI=1S/C21H25IN2O/c22-18-7-6-16-12-20(25)19(13-17(16)21(18)23)24-10-8-15(9-11-24)14-4-2-1-3-5-14/h1-7,15,19-20,25H,8-13,23H2/t19-,20-/m1/s1. The third-order valence-corrected chi connectivity index (χ3v) is 6.90. The van der Waals surface area contributed by atoms with Crippen molar-refractivity contribution in [1.29, 1.82) is 0 Å². The van der Waals surface area contributed by atoms with Gasteiger partial charge in [-0.15, -0.1) is 0 Å². The zero-order valence-corrected chi connectivity index (χ0v) is 16.5. The quantitative estimate of drug-likeness (QED) is 0.546. The molecule has 2 aromatic carbocycles. The van der Waals surface area contributed by atoms with E-state index in [9.17, 15) is 5.11 Å². The zero-order chi connectivity index (χ0) is 17.4. The predicted molar refractivity (Wildman–Crippen MR) is 111 cm³/mol. The Balaban J connectivity index is 1.47. The minimum Gasteiger partial charge on any atom is -0.398 e. The van der Waals surface area contributed by atoms with Crippen LogP contribution in [0.1, 0.15) is 35.4 Å². The molecule has 2 atom stereocenters. The molecule has 25 heavy (non-hydrogen) atoms. The van der Waals surface area contributed by atoms with Crippen LogP contribution >= 0.6 is 22.6 Å². The summed E-state index contributed by atoms with van der Waals surface area (Å²) in [6, 6.07) is 15.2. The lowest BCUT2D eigenvalue weighted by atomic mass is 9.82. The van der Waals surface area contributed by atoms with Gasteiger partial charge in [-0.2, -0.15) is 0 Å². The predicted octanol–water partition coefficient (Wildman–Crippen LogP) is 3.58. The van der Waals surface area contributed by atoms with Crippen molar-refractivity contribution in [3.8, 4) is 0 Å². The number of rotatable bonds is 2. The highest BCUT2D eigenvalue weighted by molar-refractivity contribution is 14.1. The van der Waals surface area contributed by atoms with Crippen molar-refractivity contribution in [2.24, 2.45) is 0 Å². The van der Waals surface area contributed by atoms with Crippen LogP contribution in [0.2, 0.25) is 0 Å². The van der Waals surface area contributed by atoms with Crippen LogP contribution in [0.4, 0.5) is 5.69 Å². The van der Waals surface area contributed by atoms with Crippen LogP contribution in [0.25, 0.3) is 0 Å². The smallest absolute Gasteiger partial charge is 0.0739 e. The lowest BCUT2D eigenvalue weighted by Gasteiger charge is -2.42. The molecule has 0 radical (unpaired) electrons. The van der Waals surface area contributed by atoms with Gasteiger partial charge in [-0.25, -0.2) is 0 Å². The first-order valence-electron chi connectivity index (χ1n) is 9.16. The topological polar surface area (TPSA) is 49.5 Å². The molecule has 1 saturated heterocycles. The van der Waals surface area contributed by atoms with Crippen LogP contribution in [0, 0.1) is 3.57 Å². The number of piperidine rings is 1. The molecule has 2 aromatic rings. The summed E-state index contributed by atoms with van der Waals surface area (Å²) in [6.07, 6.45) is 3.64. The molecular formula is C21H25IN2O. The number of hydrogen-bond acceptors (Lipinski definition) is 3. The Kier molecular flexibility index (Phi) is 5.02. The molecule has 0 aromatic heterocycles. The molecule has 0 saturated carbocycles. The van der Waals surface area contributed by atoms with Crippen molar-refractivity contribution in [3.05, 3.63) is 62.7 Å². The number of nitrogens with two attached hydrogens (primary N) is 1. The first-order valence-corrected chi connectivity index (χ1v) is 10.2. The fourth-order valence-electron chi connectivity index (χ4n) is 4.48. The second kappa shape index (κ2) is 7.25. The minimum atomic E-state index is -0.291. The molecule has 1 aliphatic heterocycles. The Hall–Kier alpha value is -1.11. The third kappa shape index (κ3) is 3.44. The first-order chi connectivity index (χ1) is 12.1. The average molecular weight is 448 g/mol. The van der Waals surface area contributed by atoms with E-state index in [0.29, 0.717) is 5.92 Å². The molecule has 0 amide bonds.